The van der Waals surface area contributed by atoms with E-state index in [1.54, 1.807) is 55.7 Å². The highest BCUT2D eigenvalue weighted by molar-refractivity contribution is 7.80. The Balaban J connectivity index is 1.75. The number of carbonyl (C=O) groups is 2. The first kappa shape index (κ1) is 20.4. The maximum Gasteiger partial charge on any atom is 0.250 e. The summed E-state index contributed by atoms with van der Waals surface area (Å²) in [7, 11) is 1.57. The van der Waals surface area contributed by atoms with Gasteiger partial charge in [0.1, 0.15) is 5.75 Å². The van der Waals surface area contributed by atoms with Crippen LogP contribution in [-0.4, -0.2) is 24.0 Å². The second-order valence-corrected chi connectivity index (χ2v) is 6.19. The van der Waals surface area contributed by atoms with E-state index in [1.807, 2.05) is 6.07 Å². The molecule has 2 rings (SSSR count). The molecule has 0 saturated carbocycles. The van der Waals surface area contributed by atoms with E-state index in [4.69, 9.17) is 28.6 Å². The maximum atomic E-state index is 11.9. The van der Waals surface area contributed by atoms with Gasteiger partial charge in [0.2, 0.25) is 11.8 Å². The van der Waals surface area contributed by atoms with Crippen molar-refractivity contribution >= 4 is 46.8 Å². The molecule has 0 fully saturated rings. The number of rotatable bonds is 5. The summed E-state index contributed by atoms with van der Waals surface area (Å²) >= 11 is 11.0. The zero-order valence-electron chi connectivity index (χ0n) is 14.5. The summed E-state index contributed by atoms with van der Waals surface area (Å²) in [4.78, 5) is 23.7. The van der Waals surface area contributed by atoms with E-state index in [9.17, 15) is 9.59 Å². The van der Waals surface area contributed by atoms with Crippen LogP contribution in [0.2, 0.25) is 5.02 Å². The second-order valence-electron chi connectivity index (χ2n) is 5.37. The Bertz CT molecular complexity index is 854. The average molecular weight is 404 g/mol. The normalized spacial score (nSPS) is 10.3. The van der Waals surface area contributed by atoms with E-state index in [0.717, 1.165) is 5.56 Å². The Kier molecular flexibility index (Phi) is 7.79. The van der Waals surface area contributed by atoms with Crippen LogP contribution in [0.15, 0.2) is 54.6 Å². The molecule has 2 amide bonds. The molecule has 0 radical (unpaired) electrons. The lowest BCUT2D eigenvalue weighted by Crippen LogP contribution is -2.48. The summed E-state index contributed by atoms with van der Waals surface area (Å²) in [5, 5.41) is 2.94. The lowest BCUT2D eigenvalue weighted by atomic mass is 10.1. The Labute approximate surface area is 167 Å². The lowest BCUT2D eigenvalue weighted by Gasteiger charge is -2.10. The van der Waals surface area contributed by atoms with Gasteiger partial charge in [0.25, 0.3) is 0 Å². The van der Waals surface area contributed by atoms with E-state index >= 15 is 0 Å². The molecule has 27 heavy (non-hydrogen) atoms. The van der Waals surface area contributed by atoms with E-state index in [-0.39, 0.29) is 17.4 Å². The van der Waals surface area contributed by atoms with Crippen molar-refractivity contribution in [3.63, 3.8) is 0 Å². The zero-order chi connectivity index (χ0) is 19.6. The molecule has 0 unspecified atom stereocenters. The fourth-order valence-electron chi connectivity index (χ4n) is 2.06. The minimum atomic E-state index is -0.447. The number of carbonyl (C=O) groups excluding carboxylic acids is 2. The van der Waals surface area contributed by atoms with Gasteiger partial charge in [-0.3, -0.25) is 25.8 Å². The van der Waals surface area contributed by atoms with Crippen LogP contribution in [0.4, 0.5) is 0 Å². The molecule has 0 spiro atoms. The lowest BCUT2D eigenvalue weighted by molar-refractivity contribution is -0.121. The van der Waals surface area contributed by atoms with Gasteiger partial charge < -0.3 is 4.74 Å². The Morgan fingerprint density at radius 3 is 2.48 bits per heavy atom. The molecule has 0 atom stereocenters. The fraction of sp³-hybridized carbons (Fsp3) is 0.105. The van der Waals surface area contributed by atoms with Crippen molar-refractivity contribution in [1.29, 1.82) is 0 Å². The third-order valence-corrected chi connectivity index (χ3v) is 3.94. The Morgan fingerprint density at radius 1 is 1.11 bits per heavy atom. The van der Waals surface area contributed by atoms with Gasteiger partial charge in [-0.15, -0.1) is 0 Å². The van der Waals surface area contributed by atoms with Gasteiger partial charge in [-0.25, -0.2) is 0 Å². The maximum absolute atomic E-state index is 11.9. The topological polar surface area (TPSA) is 79.5 Å². The number of methoxy groups -OCH3 is 1. The van der Waals surface area contributed by atoms with Crippen LogP contribution in [0, 0.1) is 0 Å². The quantitative estimate of drug-likeness (QED) is 0.406. The summed E-state index contributed by atoms with van der Waals surface area (Å²) < 4.78 is 5.06. The molecule has 0 aromatic heterocycles. The van der Waals surface area contributed by atoms with Gasteiger partial charge in [0.15, 0.2) is 5.11 Å². The molecule has 0 aliphatic rings. The minimum absolute atomic E-state index is 0.0214. The van der Waals surface area contributed by atoms with Crippen molar-refractivity contribution in [1.82, 2.24) is 16.2 Å². The fourth-order valence-corrected chi connectivity index (χ4v) is 2.41. The molecular formula is C19H18ClN3O3S. The van der Waals surface area contributed by atoms with Crippen molar-refractivity contribution in [2.75, 3.05) is 7.11 Å². The minimum Gasteiger partial charge on any atom is -0.497 e. The average Bonchev–Trinajstić information content (AvgIpc) is 2.66. The number of ether oxygens (including phenoxy) is 1. The molecule has 8 heteroatoms. The number of hydrogen-bond acceptors (Lipinski definition) is 4. The third kappa shape index (κ3) is 7.08. The van der Waals surface area contributed by atoms with Crippen LogP contribution in [0.1, 0.15) is 11.1 Å². The SMILES string of the molecule is COc1ccc(CC(=O)NNC(=S)NC(=O)/C=C/c2ccccc2Cl)cc1. The molecule has 3 N–H and O–H groups in total. The smallest absolute Gasteiger partial charge is 0.250 e. The monoisotopic (exact) mass is 403 g/mol. The molecule has 0 aliphatic carbocycles. The van der Waals surface area contributed by atoms with Gasteiger partial charge in [0.05, 0.1) is 13.5 Å². The number of nitrogens with one attached hydrogen (secondary N) is 3. The van der Waals surface area contributed by atoms with E-state index < -0.39 is 5.91 Å². The van der Waals surface area contributed by atoms with E-state index in [0.29, 0.717) is 16.3 Å². The number of amides is 2. The zero-order valence-corrected chi connectivity index (χ0v) is 16.1. The highest BCUT2D eigenvalue weighted by atomic mass is 35.5. The second kappa shape index (κ2) is 10.3. The van der Waals surface area contributed by atoms with E-state index in [2.05, 4.69) is 16.2 Å². The standard InChI is InChI=1S/C19H18ClN3O3S/c1-26-15-9-6-13(7-10-15)12-18(25)22-23-19(27)21-17(24)11-8-14-4-2-3-5-16(14)20/h2-11H,12H2,1H3,(H,22,25)(H2,21,23,24,27)/b11-8+. The van der Waals surface area contributed by atoms with Crippen LogP contribution in [0.25, 0.3) is 6.08 Å². The summed E-state index contributed by atoms with van der Waals surface area (Å²) in [6.45, 7) is 0. The van der Waals surface area contributed by atoms with E-state index in [1.165, 1.54) is 6.08 Å². The first-order valence-corrected chi connectivity index (χ1v) is 8.72. The van der Waals surface area contributed by atoms with Crippen molar-refractivity contribution < 1.29 is 14.3 Å². The Morgan fingerprint density at radius 2 is 1.81 bits per heavy atom. The summed E-state index contributed by atoms with van der Waals surface area (Å²) in [5.41, 5.74) is 6.43. The van der Waals surface area contributed by atoms with Crippen molar-refractivity contribution in [3.8, 4) is 5.75 Å². The summed E-state index contributed by atoms with van der Waals surface area (Å²) in [6.07, 6.45) is 3.02. The van der Waals surface area contributed by atoms with Gasteiger partial charge in [-0.2, -0.15) is 0 Å². The Hall–Kier alpha value is -2.90. The molecule has 0 bridgehead atoms. The predicted molar refractivity (Wildman–Crippen MR) is 109 cm³/mol. The van der Waals surface area contributed by atoms with Crippen LogP contribution < -0.4 is 20.9 Å². The van der Waals surface area contributed by atoms with Crippen LogP contribution in [-0.2, 0) is 16.0 Å². The molecular weight excluding hydrogens is 386 g/mol. The van der Waals surface area contributed by atoms with Crippen LogP contribution in [0.3, 0.4) is 0 Å². The molecule has 2 aromatic carbocycles. The van der Waals surface area contributed by atoms with Gasteiger partial charge >= 0.3 is 0 Å². The highest BCUT2D eigenvalue weighted by Gasteiger charge is 2.06. The molecule has 140 valence electrons. The van der Waals surface area contributed by atoms with Crippen LogP contribution in [0.5, 0.6) is 5.75 Å². The highest BCUT2D eigenvalue weighted by Crippen LogP contribution is 2.16. The largest absolute Gasteiger partial charge is 0.497 e. The molecule has 0 heterocycles. The number of halogens is 1. The van der Waals surface area contributed by atoms with Gasteiger partial charge in [-0.05, 0) is 47.6 Å². The number of hydrazine groups is 1. The molecule has 6 nitrogen and oxygen atoms in total. The third-order valence-electron chi connectivity index (χ3n) is 3.40. The first-order valence-electron chi connectivity index (χ1n) is 7.93. The molecule has 0 aliphatic heterocycles. The summed E-state index contributed by atoms with van der Waals surface area (Å²) in [5.74, 6) is -0.0359. The van der Waals surface area contributed by atoms with Gasteiger partial charge in [0, 0.05) is 11.1 Å². The number of benzene rings is 2. The summed E-state index contributed by atoms with van der Waals surface area (Å²) in [6, 6.07) is 14.2. The van der Waals surface area contributed by atoms with Gasteiger partial charge in [-0.1, -0.05) is 41.9 Å². The molecule has 0 saturated heterocycles. The predicted octanol–water partition coefficient (Wildman–Crippen LogP) is 2.63. The van der Waals surface area contributed by atoms with Crippen molar-refractivity contribution in [2.24, 2.45) is 0 Å². The first-order chi connectivity index (χ1) is 13.0. The number of hydrogen-bond donors (Lipinski definition) is 3. The van der Waals surface area contributed by atoms with Crippen molar-refractivity contribution in [3.05, 3.63) is 70.8 Å². The van der Waals surface area contributed by atoms with Crippen LogP contribution >= 0.6 is 23.8 Å². The number of thiocarbonyl (C=S) groups is 1. The van der Waals surface area contributed by atoms with Crippen molar-refractivity contribution in [2.45, 2.75) is 6.42 Å². The molecule has 2 aromatic rings.